The molecule has 0 radical (unpaired) electrons. The van der Waals surface area contributed by atoms with Gasteiger partial charge in [-0.1, -0.05) is 61.0 Å². The number of nitrogens with zero attached hydrogens (tertiary/aromatic N) is 1. The molecule has 3 aromatic rings. The highest BCUT2D eigenvalue weighted by atomic mass is 16.6. The first kappa shape index (κ1) is 34.2. The molecular formula is C36H47N3O5. The van der Waals surface area contributed by atoms with Crippen molar-refractivity contribution >= 4 is 23.6 Å². The Balaban J connectivity index is 2.19. The predicted octanol–water partition coefficient (Wildman–Crippen LogP) is 7.15. The summed E-state index contributed by atoms with van der Waals surface area (Å²) >= 11 is 0. The minimum Gasteiger partial charge on any atom is -0.508 e. The van der Waals surface area contributed by atoms with E-state index in [1.165, 1.54) is 12.1 Å². The highest BCUT2D eigenvalue weighted by Gasteiger charge is 2.43. The quantitative estimate of drug-likeness (QED) is 0.229. The molecule has 0 spiro atoms. The molecule has 3 N–H and O–H groups in total. The van der Waals surface area contributed by atoms with E-state index in [0.29, 0.717) is 17.7 Å². The van der Waals surface area contributed by atoms with Crippen molar-refractivity contribution in [3.8, 4) is 5.75 Å². The van der Waals surface area contributed by atoms with E-state index >= 15 is 0 Å². The number of para-hydroxylation sites is 1. The van der Waals surface area contributed by atoms with Gasteiger partial charge in [-0.2, -0.15) is 0 Å². The molecule has 44 heavy (non-hydrogen) atoms. The third-order valence-corrected chi connectivity index (χ3v) is 7.76. The topological polar surface area (TPSA) is 108 Å². The molecule has 0 aromatic heterocycles. The van der Waals surface area contributed by atoms with Crippen molar-refractivity contribution in [1.29, 1.82) is 0 Å². The van der Waals surface area contributed by atoms with Gasteiger partial charge in [0.1, 0.15) is 23.4 Å². The normalized spacial score (nSPS) is 13.0. The fourth-order valence-electron chi connectivity index (χ4n) is 5.00. The molecule has 3 aromatic carbocycles. The first-order valence-corrected chi connectivity index (χ1v) is 15.1. The van der Waals surface area contributed by atoms with E-state index in [4.69, 9.17) is 4.74 Å². The number of alkyl carbamates (subject to hydrolysis) is 1. The number of phenols is 1. The summed E-state index contributed by atoms with van der Waals surface area (Å²) in [6.07, 6.45) is -0.0829. The lowest BCUT2D eigenvalue weighted by molar-refractivity contribution is -0.147. The lowest BCUT2D eigenvalue weighted by atomic mass is 9.89. The van der Waals surface area contributed by atoms with Crippen LogP contribution in [0.2, 0.25) is 0 Å². The predicted molar refractivity (Wildman–Crippen MR) is 175 cm³/mol. The molecule has 0 saturated carbocycles. The Kier molecular flexibility index (Phi) is 10.8. The number of nitrogens with one attached hydrogen (secondary N) is 2. The third-order valence-electron chi connectivity index (χ3n) is 7.76. The van der Waals surface area contributed by atoms with Crippen LogP contribution in [0.3, 0.4) is 0 Å². The van der Waals surface area contributed by atoms with E-state index in [1.54, 1.807) is 37.8 Å². The first-order valence-electron chi connectivity index (χ1n) is 15.1. The molecule has 3 rings (SSSR count). The van der Waals surface area contributed by atoms with E-state index in [0.717, 1.165) is 22.3 Å². The molecule has 2 atom stereocenters. The molecule has 2 unspecified atom stereocenters. The summed E-state index contributed by atoms with van der Waals surface area (Å²) in [5.41, 5.74) is 3.20. The maximum Gasteiger partial charge on any atom is 0.408 e. The molecule has 0 saturated heterocycles. The molecule has 0 bridgehead atoms. The van der Waals surface area contributed by atoms with E-state index in [9.17, 15) is 19.5 Å². The van der Waals surface area contributed by atoms with Crippen molar-refractivity contribution in [3.05, 3.63) is 94.5 Å². The van der Waals surface area contributed by atoms with Gasteiger partial charge in [0.15, 0.2) is 0 Å². The van der Waals surface area contributed by atoms with Crippen LogP contribution >= 0.6 is 0 Å². The summed E-state index contributed by atoms with van der Waals surface area (Å²) in [6.45, 7) is 16.9. The number of benzene rings is 3. The van der Waals surface area contributed by atoms with Crippen LogP contribution in [-0.4, -0.2) is 45.1 Å². The Morgan fingerprint density at radius 2 is 1.52 bits per heavy atom. The average molecular weight is 602 g/mol. The number of phenolic OH excluding ortho intramolecular Hbond substituents is 1. The summed E-state index contributed by atoms with van der Waals surface area (Å²) in [5.74, 6) is -0.696. The monoisotopic (exact) mass is 601 g/mol. The van der Waals surface area contributed by atoms with Crippen LogP contribution in [-0.2, 0) is 20.7 Å². The first-order chi connectivity index (χ1) is 20.5. The maximum absolute atomic E-state index is 14.9. The Morgan fingerprint density at radius 3 is 2.11 bits per heavy atom. The van der Waals surface area contributed by atoms with Gasteiger partial charge in [-0.05, 0) is 102 Å². The second-order valence-electron chi connectivity index (χ2n) is 13.0. The lowest BCUT2D eigenvalue weighted by Crippen LogP contribution is -2.59. The van der Waals surface area contributed by atoms with E-state index in [-0.39, 0.29) is 18.1 Å². The SMILES string of the molecule is CCC(C)(C)N(C(=O)C(Cc1ccc(O)cc1)NC(=O)OC(C)(C)C)C(C(=O)Nc1ccccc1C)c1cc(C)ccc1C. The number of hydrogen-bond donors (Lipinski definition) is 3. The van der Waals surface area contributed by atoms with Crippen molar-refractivity contribution in [1.82, 2.24) is 10.2 Å². The number of aromatic hydroxyl groups is 1. The van der Waals surface area contributed by atoms with Crippen molar-refractivity contribution in [2.24, 2.45) is 0 Å². The second kappa shape index (κ2) is 14.0. The summed E-state index contributed by atoms with van der Waals surface area (Å²) in [6, 6.07) is 17.8. The highest BCUT2D eigenvalue weighted by Crippen LogP contribution is 2.35. The van der Waals surface area contributed by atoms with Gasteiger partial charge in [0.2, 0.25) is 5.91 Å². The summed E-state index contributed by atoms with van der Waals surface area (Å²) in [5, 5.41) is 15.7. The number of aryl methyl sites for hydroxylation is 3. The van der Waals surface area contributed by atoms with Crippen LogP contribution in [0.5, 0.6) is 5.75 Å². The number of carbonyl (C=O) groups excluding carboxylic acids is 3. The van der Waals surface area contributed by atoms with Crippen LogP contribution in [0, 0.1) is 20.8 Å². The molecule has 8 heteroatoms. The average Bonchev–Trinajstić information content (AvgIpc) is 2.93. The minimum atomic E-state index is -1.07. The van der Waals surface area contributed by atoms with Crippen LogP contribution in [0.15, 0.2) is 66.7 Å². The van der Waals surface area contributed by atoms with Crippen LogP contribution < -0.4 is 10.6 Å². The maximum atomic E-state index is 14.9. The van der Waals surface area contributed by atoms with Crippen molar-refractivity contribution < 1.29 is 24.2 Å². The molecule has 236 valence electrons. The Morgan fingerprint density at radius 1 is 0.886 bits per heavy atom. The van der Waals surface area contributed by atoms with Crippen molar-refractivity contribution in [2.75, 3.05) is 5.32 Å². The van der Waals surface area contributed by atoms with Gasteiger partial charge in [-0.25, -0.2) is 4.79 Å². The fourth-order valence-corrected chi connectivity index (χ4v) is 5.00. The second-order valence-corrected chi connectivity index (χ2v) is 13.0. The molecule has 0 aliphatic heterocycles. The zero-order valence-corrected chi connectivity index (χ0v) is 27.4. The van der Waals surface area contributed by atoms with Gasteiger partial charge in [-0.3, -0.25) is 9.59 Å². The van der Waals surface area contributed by atoms with Gasteiger partial charge < -0.3 is 25.4 Å². The van der Waals surface area contributed by atoms with E-state index in [2.05, 4.69) is 10.6 Å². The third kappa shape index (κ3) is 8.85. The number of ether oxygens (including phenoxy) is 1. The smallest absolute Gasteiger partial charge is 0.408 e. The molecular weight excluding hydrogens is 554 g/mol. The van der Waals surface area contributed by atoms with Crippen molar-refractivity contribution in [3.63, 3.8) is 0 Å². The molecule has 3 amide bonds. The zero-order chi connectivity index (χ0) is 32.8. The number of anilines is 1. The highest BCUT2D eigenvalue weighted by molar-refractivity contribution is 6.00. The molecule has 0 heterocycles. The number of rotatable bonds is 10. The van der Waals surface area contributed by atoms with Gasteiger partial charge in [0.05, 0.1) is 0 Å². The van der Waals surface area contributed by atoms with Crippen molar-refractivity contribution in [2.45, 2.75) is 98.4 Å². The van der Waals surface area contributed by atoms with Crippen LogP contribution in [0.1, 0.15) is 81.8 Å². The standard InChI is InChI=1S/C36H47N3O5/c1-10-36(8,9)39(33(42)30(38-34(43)44-35(5,6)7)22-26-17-19-27(40)20-18-26)31(28-21-23(2)15-16-24(28)3)32(41)37-29-14-12-11-13-25(29)4/h11-21,30-31,40H,10,22H2,1-9H3,(H,37,41)(H,38,43). The van der Waals surface area contributed by atoms with Crippen LogP contribution in [0.25, 0.3) is 0 Å². The summed E-state index contributed by atoms with van der Waals surface area (Å²) in [7, 11) is 0. The molecule has 8 nitrogen and oxygen atoms in total. The Hall–Kier alpha value is -4.33. The lowest BCUT2D eigenvalue weighted by Gasteiger charge is -2.45. The summed E-state index contributed by atoms with van der Waals surface area (Å²) in [4.78, 5) is 44.0. The summed E-state index contributed by atoms with van der Waals surface area (Å²) < 4.78 is 5.55. The van der Waals surface area contributed by atoms with Gasteiger partial charge in [0, 0.05) is 17.6 Å². The number of amides is 3. The largest absolute Gasteiger partial charge is 0.508 e. The zero-order valence-electron chi connectivity index (χ0n) is 27.4. The molecule has 0 fully saturated rings. The minimum absolute atomic E-state index is 0.0911. The van der Waals surface area contributed by atoms with Gasteiger partial charge >= 0.3 is 6.09 Å². The fraction of sp³-hybridized carbons (Fsp3) is 0.417. The molecule has 0 aliphatic carbocycles. The Labute approximate surface area is 261 Å². The number of carbonyl (C=O) groups is 3. The molecule has 0 aliphatic rings. The van der Waals surface area contributed by atoms with Gasteiger partial charge in [-0.15, -0.1) is 0 Å². The van der Waals surface area contributed by atoms with Crippen LogP contribution in [0.4, 0.5) is 10.5 Å². The van der Waals surface area contributed by atoms with E-state index < -0.39 is 35.2 Å². The number of hydrogen-bond acceptors (Lipinski definition) is 5. The Bertz CT molecular complexity index is 1470. The van der Waals surface area contributed by atoms with Gasteiger partial charge in [0.25, 0.3) is 5.91 Å². The van der Waals surface area contributed by atoms with E-state index in [1.807, 2.05) is 84.0 Å².